The van der Waals surface area contributed by atoms with Gasteiger partial charge in [0.05, 0.1) is 9.52 Å². The summed E-state index contributed by atoms with van der Waals surface area (Å²) in [6.07, 6.45) is 0. The minimum Gasteiger partial charge on any atom is -0.334 e. The van der Waals surface area contributed by atoms with Crippen LogP contribution in [-0.2, 0) is 0 Å². The van der Waals surface area contributed by atoms with Crippen molar-refractivity contribution >= 4 is 33.2 Å². The van der Waals surface area contributed by atoms with Crippen molar-refractivity contribution < 1.29 is 0 Å². The fraction of sp³-hybridized carbons (Fsp3) is 0.444. The number of rotatable bonds is 5. The van der Waals surface area contributed by atoms with Gasteiger partial charge in [0.2, 0.25) is 0 Å². The van der Waals surface area contributed by atoms with Crippen LogP contribution in [0.4, 0.5) is 0 Å². The summed E-state index contributed by atoms with van der Waals surface area (Å²) in [5.41, 5.74) is 7.87. The van der Waals surface area contributed by atoms with Crippen molar-refractivity contribution in [3.63, 3.8) is 0 Å². The summed E-state index contributed by atoms with van der Waals surface area (Å²) < 4.78 is 0. The molecule has 1 aliphatic carbocycles. The highest BCUT2D eigenvalue weighted by molar-refractivity contribution is 6.75. The molecule has 2 rings (SSSR count). The van der Waals surface area contributed by atoms with E-state index in [-0.39, 0.29) is 9.52 Å². The summed E-state index contributed by atoms with van der Waals surface area (Å²) >= 11 is 0. The predicted octanol–water partition coefficient (Wildman–Crippen LogP) is 2.05. The van der Waals surface area contributed by atoms with Gasteiger partial charge >= 0.3 is 0 Å². The maximum Gasteiger partial charge on any atom is 0.116 e. The van der Waals surface area contributed by atoms with Gasteiger partial charge in [0.1, 0.15) is 8.24 Å². The van der Waals surface area contributed by atoms with Gasteiger partial charge in [-0.25, -0.2) is 0 Å². The molecule has 1 nitrogen and oxygen atoms in total. The third-order valence-electron chi connectivity index (χ3n) is 4.97. The molecule has 0 heterocycles. The summed E-state index contributed by atoms with van der Waals surface area (Å²) in [4.78, 5) is 4.09. The fourth-order valence-electron chi connectivity index (χ4n) is 3.57. The number of allylic oxidation sites excluding steroid dienone is 3. The molecule has 0 bridgehead atoms. The molecule has 0 saturated carbocycles. The average molecular weight is 346 g/mol. The summed E-state index contributed by atoms with van der Waals surface area (Å²) in [5.74, 6) is 0. The van der Waals surface area contributed by atoms with Crippen molar-refractivity contribution in [2.24, 2.45) is 0 Å². The van der Waals surface area contributed by atoms with E-state index in [1.165, 1.54) is 10.2 Å². The van der Waals surface area contributed by atoms with Crippen LogP contribution in [-0.4, -0.2) is 33.7 Å². The van der Waals surface area contributed by atoms with Gasteiger partial charge in [-0.3, -0.25) is 0 Å². The molecule has 2 unspecified atom stereocenters. The highest BCUT2D eigenvalue weighted by atomic mass is 28.3. The van der Waals surface area contributed by atoms with E-state index in [4.69, 9.17) is 0 Å². The first kappa shape index (κ1) is 17.7. The van der Waals surface area contributed by atoms with E-state index >= 15 is 0 Å². The van der Waals surface area contributed by atoms with Gasteiger partial charge in [0.25, 0.3) is 0 Å². The smallest absolute Gasteiger partial charge is 0.116 e. The number of hydrogen-bond donors (Lipinski definition) is 1. The molecular formula is C18H31NSi3. The highest BCUT2D eigenvalue weighted by Crippen LogP contribution is 2.40. The number of hydrogen-bond acceptors (Lipinski definition) is 1. The molecule has 0 aromatic heterocycles. The minimum atomic E-state index is -1.30. The topological polar surface area (TPSA) is 12.0 Å². The van der Waals surface area contributed by atoms with E-state index < -0.39 is 8.24 Å². The van der Waals surface area contributed by atoms with Crippen LogP contribution in [0.2, 0.25) is 25.2 Å². The molecule has 4 heteroatoms. The standard InChI is InChI=1S/C18H31NSi3/c1-12-13(2)16(17(20)14(12)3)18(19-22(4,5)6)21-15-10-8-7-9-11-15/h7-11,17-19H,21H2,1-6,20H3. The zero-order valence-corrected chi connectivity index (χ0v) is 19.7. The molecule has 0 aliphatic heterocycles. The lowest BCUT2D eigenvalue weighted by molar-refractivity contribution is 0.861. The van der Waals surface area contributed by atoms with E-state index in [9.17, 15) is 0 Å². The molecule has 1 aliphatic rings. The van der Waals surface area contributed by atoms with Gasteiger partial charge in [-0.2, -0.15) is 0 Å². The molecule has 0 amide bonds. The van der Waals surface area contributed by atoms with Crippen LogP contribution in [0.25, 0.3) is 0 Å². The van der Waals surface area contributed by atoms with Crippen LogP contribution in [0.3, 0.4) is 0 Å². The molecule has 0 spiro atoms. The maximum absolute atomic E-state index is 4.09. The Kier molecular flexibility index (Phi) is 5.48. The first-order valence-corrected chi connectivity index (χ1v) is 14.6. The Bertz CT molecular complexity index is 597. The van der Waals surface area contributed by atoms with Gasteiger partial charge in [-0.1, -0.05) is 66.3 Å². The molecule has 1 N–H and O–H groups in total. The Morgan fingerprint density at radius 1 is 1.05 bits per heavy atom. The summed E-state index contributed by atoms with van der Waals surface area (Å²) in [5, 5.41) is 1.58. The molecule has 0 fully saturated rings. The van der Waals surface area contributed by atoms with Crippen molar-refractivity contribution in [1.82, 2.24) is 4.98 Å². The van der Waals surface area contributed by atoms with E-state index in [2.05, 4.69) is 75.7 Å². The first-order valence-electron chi connectivity index (χ1n) is 8.40. The number of benzene rings is 1. The SMILES string of the molecule is CC1=C(C)C([SiH3])C(C(N[Si](C)(C)C)[SiH2]c2ccccc2)=C1C. The van der Waals surface area contributed by atoms with E-state index in [0.717, 1.165) is 5.54 Å². The van der Waals surface area contributed by atoms with Gasteiger partial charge in [0.15, 0.2) is 0 Å². The molecular weight excluding hydrogens is 314 g/mol. The lowest BCUT2D eigenvalue weighted by atomic mass is 10.1. The van der Waals surface area contributed by atoms with Crippen LogP contribution < -0.4 is 10.2 Å². The lowest BCUT2D eigenvalue weighted by Gasteiger charge is -2.31. The largest absolute Gasteiger partial charge is 0.334 e. The predicted molar refractivity (Wildman–Crippen MR) is 110 cm³/mol. The second-order valence-corrected chi connectivity index (χ2v) is 15.7. The third kappa shape index (κ3) is 3.98. The summed E-state index contributed by atoms with van der Waals surface area (Å²) in [6.45, 7) is 14.3. The van der Waals surface area contributed by atoms with Crippen molar-refractivity contribution in [3.8, 4) is 0 Å². The summed E-state index contributed by atoms with van der Waals surface area (Å²) in [7, 11) is -0.417. The molecule has 1 aromatic carbocycles. The molecule has 1 aromatic rings. The highest BCUT2D eigenvalue weighted by Gasteiger charge is 2.31. The van der Waals surface area contributed by atoms with Crippen molar-refractivity contribution in [3.05, 3.63) is 52.6 Å². The van der Waals surface area contributed by atoms with Crippen molar-refractivity contribution in [2.75, 3.05) is 0 Å². The van der Waals surface area contributed by atoms with Gasteiger partial charge in [-0.05, 0) is 37.5 Å². The first-order chi connectivity index (χ1) is 10.2. The normalized spacial score (nSPS) is 21.5. The van der Waals surface area contributed by atoms with E-state index in [0.29, 0.717) is 5.67 Å². The second kappa shape index (κ2) is 6.83. The Balaban J connectivity index is 2.34. The molecule has 0 radical (unpaired) electrons. The minimum absolute atomic E-state index is 0.354. The summed E-state index contributed by atoms with van der Waals surface area (Å²) in [6, 6.07) is 11.2. The fourth-order valence-corrected chi connectivity index (χ4v) is 10.7. The quantitative estimate of drug-likeness (QED) is 0.806. The second-order valence-electron chi connectivity index (χ2n) is 7.75. The number of nitrogens with one attached hydrogen (secondary N) is 1. The van der Waals surface area contributed by atoms with E-state index in [1.54, 1.807) is 27.5 Å². The zero-order valence-electron chi connectivity index (χ0n) is 15.2. The van der Waals surface area contributed by atoms with Crippen LogP contribution in [0.15, 0.2) is 52.6 Å². The van der Waals surface area contributed by atoms with Gasteiger partial charge < -0.3 is 4.98 Å². The van der Waals surface area contributed by atoms with Gasteiger partial charge in [-0.15, -0.1) is 0 Å². The van der Waals surface area contributed by atoms with Crippen LogP contribution in [0.1, 0.15) is 20.8 Å². The average Bonchev–Trinajstić information content (AvgIpc) is 2.62. The van der Waals surface area contributed by atoms with Crippen molar-refractivity contribution in [2.45, 2.75) is 51.6 Å². The molecule has 120 valence electrons. The molecule has 2 atom stereocenters. The van der Waals surface area contributed by atoms with Gasteiger partial charge in [0, 0.05) is 15.9 Å². The Labute approximate surface area is 142 Å². The molecule has 22 heavy (non-hydrogen) atoms. The Hall–Kier alpha value is -0.689. The molecule has 0 saturated heterocycles. The Morgan fingerprint density at radius 2 is 1.64 bits per heavy atom. The van der Waals surface area contributed by atoms with Crippen molar-refractivity contribution in [1.29, 1.82) is 0 Å². The third-order valence-corrected chi connectivity index (χ3v) is 10.1. The Morgan fingerprint density at radius 3 is 2.09 bits per heavy atom. The van der Waals surface area contributed by atoms with Crippen LogP contribution in [0.5, 0.6) is 0 Å². The van der Waals surface area contributed by atoms with Crippen LogP contribution >= 0.6 is 0 Å². The lowest BCUT2D eigenvalue weighted by Crippen LogP contribution is -2.53. The monoisotopic (exact) mass is 345 g/mol. The zero-order chi connectivity index (χ0) is 16.5. The van der Waals surface area contributed by atoms with Crippen LogP contribution in [0, 0.1) is 0 Å². The van der Waals surface area contributed by atoms with E-state index in [1.807, 2.05) is 0 Å². The maximum atomic E-state index is 4.09.